The van der Waals surface area contributed by atoms with Crippen molar-refractivity contribution < 1.29 is 9.18 Å². The lowest BCUT2D eigenvalue weighted by molar-refractivity contribution is 0.0944. The number of hydrogen-bond donors (Lipinski definition) is 2. The number of halogens is 1. The molecule has 1 fully saturated rings. The summed E-state index contributed by atoms with van der Waals surface area (Å²) in [5, 5.41) is 5.91. The summed E-state index contributed by atoms with van der Waals surface area (Å²) in [5.41, 5.74) is 2.46. The highest BCUT2D eigenvalue weighted by molar-refractivity contribution is 5.98. The molecule has 2 aliphatic rings. The molecule has 1 saturated carbocycles. The van der Waals surface area contributed by atoms with E-state index in [-0.39, 0.29) is 17.8 Å². The molecule has 0 bridgehead atoms. The van der Waals surface area contributed by atoms with Gasteiger partial charge in [0, 0.05) is 23.2 Å². The first-order valence-corrected chi connectivity index (χ1v) is 6.83. The van der Waals surface area contributed by atoms with Gasteiger partial charge in [-0.05, 0) is 37.1 Å². The van der Waals surface area contributed by atoms with Gasteiger partial charge in [0.25, 0.3) is 5.91 Å². The van der Waals surface area contributed by atoms with Crippen molar-refractivity contribution in [3.05, 3.63) is 47.2 Å². The maximum Gasteiger partial charge on any atom is 0.251 e. The highest BCUT2D eigenvalue weighted by Gasteiger charge is 2.45. The minimum atomic E-state index is -0.500. The molecular weight excluding hydrogens is 271 g/mol. The second-order valence-electron chi connectivity index (χ2n) is 5.46. The number of anilines is 2. The summed E-state index contributed by atoms with van der Waals surface area (Å²) in [6.45, 7) is 1.70. The number of nitrogens with one attached hydrogen (secondary N) is 2. The van der Waals surface area contributed by atoms with Crippen LogP contribution in [0.2, 0.25) is 0 Å². The first kappa shape index (κ1) is 12.3. The van der Waals surface area contributed by atoms with Crippen LogP contribution in [0.5, 0.6) is 0 Å². The number of aromatic nitrogens is 2. The molecule has 2 aromatic rings. The Bertz CT molecular complexity index is 761. The van der Waals surface area contributed by atoms with E-state index in [0.717, 1.165) is 23.9 Å². The Morgan fingerprint density at radius 2 is 2.29 bits per heavy atom. The molecule has 0 saturated heterocycles. The van der Waals surface area contributed by atoms with Crippen LogP contribution < -0.4 is 10.6 Å². The molecule has 4 rings (SSSR count). The number of aryl methyl sites for hydroxylation is 1. The van der Waals surface area contributed by atoms with E-state index in [0.29, 0.717) is 17.3 Å². The van der Waals surface area contributed by atoms with E-state index >= 15 is 0 Å². The third kappa shape index (κ3) is 2.03. The van der Waals surface area contributed by atoms with Crippen molar-refractivity contribution in [2.24, 2.45) is 0 Å². The molecule has 2 heterocycles. The fraction of sp³-hybridized carbons (Fsp3) is 0.267. The molecule has 1 aromatic carbocycles. The highest BCUT2D eigenvalue weighted by atomic mass is 19.1. The number of nitrogens with zero attached hydrogens (tertiary/aromatic N) is 2. The number of fused-ring (bicyclic) bond motifs is 3. The zero-order valence-electron chi connectivity index (χ0n) is 11.4. The van der Waals surface area contributed by atoms with Crippen molar-refractivity contribution in [1.29, 1.82) is 0 Å². The third-order valence-corrected chi connectivity index (χ3v) is 3.93. The van der Waals surface area contributed by atoms with Crippen LogP contribution in [0, 0.1) is 12.7 Å². The van der Waals surface area contributed by atoms with Crippen molar-refractivity contribution in [2.45, 2.75) is 25.3 Å². The molecule has 0 spiro atoms. The predicted octanol–water partition coefficient (Wildman–Crippen LogP) is 2.27. The highest BCUT2D eigenvalue weighted by Crippen LogP contribution is 2.46. The fourth-order valence-electron chi connectivity index (χ4n) is 2.78. The maximum absolute atomic E-state index is 13.7. The first-order valence-electron chi connectivity index (χ1n) is 6.83. The Hall–Kier alpha value is -2.50. The van der Waals surface area contributed by atoms with Gasteiger partial charge in [-0.25, -0.2) is 14.4 Å². The van der Waals surface area contributed by atoms with Crippen LogP contribution in [-0.4, -0.2) is 21.9 Å². The lowest BCUT2D eigenvalue weighted by Gasteiger charge is -2.17. The Morgan fingerprint density at radius 3 is 3.14 bits per heavy atom. The van der Waals surface area contributed by atoms with E-state index in [1.54, 1.807) is 19.1 Å². The van der Waals surface area contributed by atoms with E-state index < -0.39 is 5.82 Å². The summed E-state index contributed by atoms with van der Waals surface area (Å²) in [7, 11) is 0. The number of carbonyl (C=O) groups excluding carboxylic acids is 1. The number of rotatable bonds is 2. The molecule has 1 aliphatic carbocycles. The molecule has 2 unspecified atom stereocenters. The predicted molar refractivity (Wildman–Crippen MR) is 75.1 cm³/mol. The Balaban J connectivity index is 1.69. The van der Waals surface area contributed by atoms with E-state index in [4.69, 9.17) is 0 Å². The summed E-state index contributed by atoms with van der Waals surface area (Å²) in [4.78, 5) is 19.7. The molecule has 5 nitrogen and oxygen atoms in total. The van der Waals surface area contributed by atoms with Crippen LogP contribution in [0.25, 0.3) is 0 Å². The van der Waals surface area contributed by atoms with Crippen molar-refractivity contribution in [3.63, 3.8) is 0 Å². The van der Waals surface area contributed by atoms with Crippen LogP contribution in [0.1, 0.15) is 34.1 Å². The molecule has 21 heavy (non-hydrogen) atoms. The van der Waals surface area contributed by atoms with Crippen molar-refractivity contribution in [3.8, 4) is 0 Å². The Morgan fingerprint density at radius 1 is 1.43 bits per heavy atom. The van der Waals surface area contributed by atoms with Gasteiger partial charge in [0.15, 0.2) is 11.6 Å². The average molecular weight is 284 g/mol. The Labute approximate surface area is 120 Å². The van der Waals surface area contributed by atoms with E-state index in [9.17, 15) is 9.18 Å². The summed E-state index contributed by atoms with van der Waals surface area (Å²) >= 11 is 0. The van der Waals surface area contributed by atoms with Gasteiger partial charge in [-0.1, -0.05) is 0 Å². The van der Waals surface area contributed by atoms with Gasteiger partial charge in [-0.15, -0.1) is 0 Å². The topological polar surface area (TPSA) is 66.9 Å². The monoisotopic (exact) mass is 284 g/mol. The summed E-state index contributed by atoms with van der Waals surface area (Å²) < 4.78 is 13.7. The smallest absolute Gasteiger partial charge is 0.251 e. The van der Waals surface area contributed by atoms with Crippen molar-refractivity contribution in [1.82, 2.24) is 15.3 Å². The second kappa shape index (κ2) is 4.25. The first-order chi connectivity index (χ1) is 10.1. The molecular formula is C15H13FN4O. The molecule has 1 aliphatic heterocycles. The van der Waals surface area contributed by atoms with Crippen LogP contribution >= 0.6 is 0 Å². The van der Waals surface area contributed by atoms with Crippen LogP contribution in [0.15, 0.2) is 24.4 Å². The number of carbonyl (C=O) groups is 1. The third-order valence-electron chi connectivity index (χ3n) is 3.93. The van der Waals surface area contributed by atoms with E-state index in [2.05, 4.69) is 20.6 Å². The standard InChI is InChI=1S/C15H13FN4O/c1-7-17-6-12(16)14(18-7)19-8-2-3-9-10(4-8)11-5-13(11)20-15(9)21/h2-4,6,11,13H,5H2,1H3,(H,20,21)(H,17,18,19). The SMILES string of the molecule is Cc1ncc(F)c(Nc2ccc3c(c2)C2CC2NC3=O)n1. The van der Waals surface area contributed by atoms with Crippen LogP contribution in [0.3, 0.4) is 0 Å². The number of hydrogen-bond acceptors (Lipinski definition) is 4. The average Bonchev–Trinajstić information content (AvgIpc) is 3.22. The van der Waals surface area contributed by atoms with Gasteiger partial charge in [0.1, 0.15) is 5.82 Å². The molecule has 6 heteroatoms. The minimum Gasteiger partial charge on any atom is -0.349 e. The fourth-order valence-corrected chi connectivity index (χ4v) is 2.78. The molecule has 106 valence electrons. The summed E-state index contributed by atoms with van der Waals surface area (Å²) in [5.74, 6) is 0.504. The number of benzene rings is 1. The quantitative estimate of drug-likeness (QED) is 0.887. The second-order valence-corrected chi connectivity index (χ2v) is 5.46. The summed E-state index contributed by atoms with van der Waals surface area (Å²) in [6.07, 6.45) is 2.12. The largest absolute Gasteiger partial charge is 0.349 e. The zero-order chi connectivity index (χ0) is 14.6. The van der Waals surface area contributed by atoms with Crippen molar-refractivity contribution >= 4 is 17.4 Å². The van der Waals surface area contributed by atoms with Crippen LogP contribution in [-0.2, 0) is 0 Å². The lowest BCUT2D eigenvalue weighted by atomic mass is 9.99. The molecule has 1 aromatic heterocycles. The van der Waals surface area contributed by atoms with Gasteiger partial charge in [-0.3, -0.25) is 4.79 Å². The number of amides is 1. The molecule has 0 radical (unpaired) electrons. The Kier molecular flexibility index (Phi) is 2.48. The molecule has 2 N–H and O–H groups in total. The van der Waals surface area contributed by atoms with Crippen LogP contribution in [0.4, 0.5) is 15.9 Å². The van der Waals surface area contributed by atoms with Crippen molar-refractivity contribution in [2.75, 3.05) is 5.32 Å². The molecule has 2 atom stereocenters. The lowest BCUT2D eigenvalue weighted by Crippen LogP contribution is -2.31. The van der Waals surface area contributed by atoms with Gasteiger partial charge >= 0.3 is 0 Å². The maximum atomic E-state index is 13.7. The van der Waals surface area contributed by atoms with Gasteiger partial charge in [0.2, 0.25) is 0 Å². The molecule has 1 amide bonds. The summed E-state index contributed by atoms with van der Waals surface area (Å²) in [6, 6.07) is 5.71. The zero-order valence-corrected chi connectivity index (χ0v) is 11.4. The minimum absolute atomic E-state index is 0.0284. The van der Waals surface area contributed by atoms with Gasteiger partial charge < -0.3 is 10.6 Å². The van der Waals surface area contributed by atoms with E-state index in [1.165, 1.54) is 0 Å². The van der Waals surface area contributed by atoms with Gasteiger partial charge in [0.05, 0.1) is 6.20 Å². The normalized spacial score (nSPS) is 22.1. The van der Waals surface area contributed by atoms with Gasteiger partial charge in [-0.2, -0.15) is 0 Å². The van der Waals surface area contributed by atoms with E-state index in [1.807, 2.05) is 6.07 Å².